The van der Waals surface area contributed by atoms with Gasteiger partial charge in [0.2, 0.25) is 0 Å². The molecule has 0 spiro atoms. The minimum Gasteiger partial charge on any atom is -0.307 e. The molecule has 14 heavy (non-hydrogen) atoms. The average molecular weight is 187 g/mol. The van der Waals surface area contributed by atoms with Gasteiger partial charge < -0.3 is 5.32 Å². The SMILES string of the molecule is CNC(C#Cc1ccccc1)C(C)C. The van der Waals surface area contributed by atoms with Gasteiger partial charge in [0, 0.05) is 5.56 Å². The molecule has 0 heterocycles. The molecule has 1 rings (SSSR count). The lowest BCUT2D eigenvalue weighted by molar-refractivity contribution is 0.513. The van der Waals surface area contributed by atoms with Crippen molar-refractivity contribution in [3.05, 3.63) is 35.9 Å². The molecule has 0 aliphatic carbocycles. The zero-order valence-corrected chi connectivity index (χ0v) is 9.04. The van der Waals surface area contributed by atoms with Crippen molar-refractivity contribution in [2.45, 2.75) is 19.9 Å². The number of nitrogens with one attached hydrogen (secondary N) is 1. The smallest absolute Gasteiger partial charge is 0.0714 e. The number of hydrogen-bond acceptors (Lipinski definition) is 1. The van der Waals surface area contributed by atoms with Crippen LogP contribution in [0.25, 0.3) is 0 Å². The maximum atomic E-state index is 3.22. The van der Waals surface area contributed by atoms with Crippen LogP contribution in [0.5, 0.6) is 0 Å². The quantitative estimate of drug-likeness (QED) is 0.700. The van der Waals surface area contributed by atoms with Crippen molar-refractivity contribution in [1.82, 2.24) is 5.32 Å². The van der Waals surface area contributed by atoms with E-state index in [4.69, 9.17) is 0 Å². The molecule has 0 radical (unpaired) electrons. The van der Waals surface area contributed by atoms with Gasteiger partial charge in [-0.05, 0) is 25.1 Å². The minimum absolute atomic E-state index is 0.273. The van der Waals surface area contributed by atoms with Crippen molar-refractivity contribution in [3.63, 3.8) is 0 Å². The molecule has 74 valence electrons. The van der Waals surface area contributed by atoms with Gasteiger partial charge in [0.25, 0.3) is 0 Å². The van der Waals surface area contributed by atoms with Crippen LogP contribution < -0.4 is 5.32 Å². The molecular weight excluding hydrogens is 170 g/mol. The predicted octanol–water partition coefficient (Wildman–Crippen LogP) is 2.28. The third-order valence-electron chi connectivity index (χ3n) is 2.12. The molecule has 1 heteroatoms. The van der Waals surface area contributed by atoms with Crippen LogP contribution in [0.4, 0.5) is 0 Å². The Morgan fingerprint density at radius 2 is 1.79 bits per heavy atom. The fourth-order valence-corrected chi connectivity index (χ4v) is 1.25. The van der Waals surface area contributed by atoms with Crippen LogP contribution in [0.3, 0.4) is 0 Å². The maximum Gasteiger partial charge on any atom is 0.0714 e. The molecule has 1 atom stereocenters. The molecule has 1 aromatic carbocycles. The van der Waals surface area contributed by atoms with Crippen molar-refractivity contribution >= 4 is 0 Å². The van der Waals surface area contributed by atoms with Gasteiger partial charge >= 0.3 is 0 Å². The zero-order valence-electron chi connectivity index (χ0n) is 9.04. The molecule has 1 N–H and O–H groups in total. The summed E-state index contributed by atoms with van der Waals surface area (Å²) >= 11 is 0. The first kappa shape index (κ1) is 10.8. The second-order valence-electron chi connectivity index (χ2n) is 3.65. The number of hydrogen-bond donors (Lipinski definition) is 1. The molecule has 0 aromatic heterocycles. The second kappa shape index (κ2) is 5.47. The van der Waals surface area contributed by atoms with Crippen molar-refractivity contribution in [2.75, 3.05) is 7.05 Å². The largest absolute Gasteiger partial charge is 0.307 e. The lowest BCUT2D eigenvalue weighted by Gasteiger charge is -2.12. The molecule has 0 fully saturated rings. The normalized spacial score (nSPS) is 12.0. The highest BCUT2D eigenvalue weighted by molar-refractivity contribution is 5.34. The van der Waals surface area contributed by atoms with E-state index in [-0.39, 0.29) is 6.04 Å². The standard InChI is InChI=1S/C13H17N/c1-11(2)13(14-3)10-9-12-7-5-4-6-8-12/h4-8,11,13-14H,1-3H3. The maximum absolute atomic E-state index is 3.22. The Hall–Kier alpha value is -1.26. The van der Waals surface area contributed by atoms with Crippen LogP contribution in [0.1, 0.15) is 19.4 Å². The summed E-state index contributed by atoms with van der Waals surface area (Å²) in [6, 6.07) is 10.3. The highest BCUT2D eigenvalue weighted by Gasteiger charge is 2.05. The van der Waals surface area contributed by atoms with E-state index in [1.54, 1.807) is 0 Å². The molecule has 0 bridgehead atoms. The fraction of sp³-hybridized carbons (Fsp3) is 0.385. The van der Waals surface area contributed by atoms with Crippen molar-refractivity contribution in [1.29, 1.82) is 0 Å². The lowest BCUT2D eigenvalue weighted by Crippen LogP contribution is -2.28. The molecule has 0 aliphatic rings. The second-order valence-corrected chi connectivity index (χ2v) is 3.65. The summed E-state index contributed by atoms with van der Waals surface area (Å²) in [7, 11) is 1.95. The molecular formula is C13H17N. The first-order valence-electron chi connectivity index (χ1n) is 4.98. The van der Waals surface area contributed by atoms with Gasteiger partial charge in [-0.2, -0.15) is 0 Å². The summed E-state index contributed by atoms with van der Waals surface area (Å²) in [6.45, 7) is 4.34. The van der Waals surface area contributed by atoms with Crippen LogP contribution in [0, 0.1) is 17.8 Å². The van der Waals surface area contributed by atoms with Crippen LogP contribution in [-0.4, -0.2) is 13.1 Å². The highest BCUT2D eigenvalue weighted by Crippen LogP contribution is 2.00. The average Bonchev–Trinajstić information content (AvgIpc) is 2.20. The summed E-state index contributed by atoms with van der Waals surface area (Å²) in [4.78, 5) is 0. The monoisotopic (exact) mass is 187 g/mol. The molecule has 0 amide bonds. The molecule has 1 aromatic rings. The van der Waals surface area contributed by atoms with Gasteiger partial charge in [-0.25, -0.2) is 0 Å². The van der Waals surface area contributed by atoms with Gasteiger partial charge in [0.1, 0.15) is 0 Å². The van der Waals surface area contributed by atoms with Crippen LogP contribution in [0.15, 0.2) is 30.3 Å². The van der Waals surface area contributed by atoms with Crippen molar-refractivity contribution < 1.29 is 0 Å². The summed E-state index contributed by atoms with van der Waals surface area (Å²) in [6.07, 6.45) is 0. The Balaban J connectivity index is 2.71. The van der Waals surface area contributed by atoms with E-state index in [1.807, 2.05) is 37.4 Å². The molecule has 1 nitrogen and oxygen atoms in total. The summed E-state index contributed by atoms with van der Waals surface area (Å²) in [5, 5.41) is 3.20. The van der Waals surface area contributed by atoms with E-state index in [2.05, 4.69) is 31.0 Å². The third-order valence-corrected chi connectivity index (χ3v) is 2.12. The van der Waals surface area contributed by atoms with E-state index in [9.17, 15) is 0 Å². The van der Waals surface area contributed by atoms with Crippen molar-refractivity contribution in [3.8, 4) is 11.8 Å². The minimum atomic E-state index is 0.273. The van der Waals surface area contributed by atoms with Crippen LogP contribution >= 0.6 is 0 Å². The van der Waals surface area contributed by atoms with Crippen molar-refractivity contribution in [2.24, 2.45) is 5.92 Å². The fourth-order valence-electron chi connectivity index (χ4n) is 1.25. The first-order valence-corrected chi connectivity index (χ1v) is 4.98. The number of rotatable bonds is 2. The molecule has 0 aliphatic heterocycles. The Labute approximate surface area is 86.5 Å². The molecule has 0 saturated carbocycles. The first-order chi connectivity index (χ1) is 6.74. The zero-order chi connectivity index (χ0) is 10.4. The Morgan fingerprint density at radius 1 is 1.14 bits per heavy atom. The van der Waals surface area contributed by atoms with Gasteiger partial charge in [0.05, 0.1) is 6.04 Å². The summed E-state index contributed by atoms with van der Waals surface area (Å²) in [5.41, 5.74) is 1.08. The molecule has 0 saturated heterocycles. The van der Waals surface area contributed by atoms with Gasteiger partial charge in [-0.1, -0.05) is 43.9 Å². The Kier molecular flexibility index (Phi) is 4.22. The Bertz CT molecular complexity index is 316. The number of benzene rings is 1. The van der Waals surface area contributed by atoms with Gasteiger partial charge in [-0.3, -0.25) is 0 Å². The van der Waals surface area contributed by atoms with E-state index < -0.39 is 0 Å². The summed E-state index contributed by atoms with van der Waals surface area (Å²) < 4.78 is 0. The lowest BCUT2D eigenvalue weighted by atomic mass is 10.0. The van der Waals surface area contributed by atoms with E-state index in [0.717, 1.165) is 5.56 Å². The molecule has 1 unspecified atom stereocenters. The predicted molar refractivity (Wildman–Crippen MR) is 61.0 cm³/mol. The van der Waals surface area contributed by atoms with Gasteiger partial charge in [0.15, 0.2) is 0 Å². The third kappa shape index (κ3) is 3.24. The summed E-state index contributed by atoms with van der Waals surface area (Å²) in [5.74, 6) is 6.93. The van der Waals surface area contributed by atoms with Gasteiger partial charge in [-0.15, -0.1) is 0 Å². The topological polar surface area (TPSA) is 12.0 Å². The highest BCUT2D eigenvalue weighted by atomic mass is 14.9. The van der Waals surface area contributed by atoms with E-state index >= 15 is 0 Å². The van der Waals surface area contributed by atoms with E-state index in [0.29, 0.717) is 5.92 Å². The van der Waals surface area contributed by atoms with Crippen LogP contribution in [-0.2, 0) is 0 Å². The Morgan fingerprint density at radius 3 is 2.29 bits per heavy atom. The van der Waals surface area contributed by atoms with Crippen LogP contribution in [0.2, 0.25) is 0 Å². The van der Waals surface area contributed by atoms with E-state index in [1.165, 1.54) is 0 Å².